The van der Waals surface area contributed by atoms with Gasteiger partial charge in [0.15, 0.2) is 0 Å². The maximum atomic E-state index is 13.1. The van der Waals surface area contributed by atoms with Gasteiger partial charge in [-0.2, -0.15) is 0 Å². The molecule has 0 unspecified atom stereocenters. The van der Waals surface area contributed by atoms with Crippen LogP contribution in [0.4, 0.5) is 0 Å². The molecule has 0 bridgehead atoms. The van der Waals surface area contributed by atoms with Crippen LogP contribution >= 0.6 is 23.2 Å². The zero-order valence-corrected chi connectivity index (χ0v) is 23.8. The van der Waals surface area contributed by atoms with Crippen molar-refractivity contribution in [3.63, 3.8) is 0 Å². The van der Waals surface area contributed by atoms with Gasteiger partial charge >= 0.3 is 0 Å². The zero-order chi connectivity index (χ0) is 26.9. The normalized spacial score (nSPS) is 11.3. The predicted octanol–water partition coefficient (Wildman–Crippen LogP) is 7.52. The Morgan fingerprint density at radius 3 is 1.53 bits per heavy atom. The number of imidazole rings is 2. The van der Waals surface area contributed by atoms with E-state index < -0.39 is 0 Å². The van der Waals surface area contributed by atoms with E-state index in [2.05, 4.69) is 23.0 Å². The van der Waals surface area contributed by atoms with Gasteiger partial charge in [0.1, 0.15) is 17.4 Å². The summed E-state index contributed by atoms with van der Waals surface area (Å²) in [7, 11) is 0. The van der Waals surface area contributed by atoms with Gasteiger partial charge in [0.25, 0.3) is 0 Å². The molecule has 2 aromatic carbocycles. The van der Waals surface area contributed by atoms with Gasteiger partial charge in [-0.25, -0.2) is 9.97 Å². The SMILES string of the molecule is CCCCc1nc(CC(=O)Cc2cn(Cc3ccccc3Cl)c(CCCC)n2)cn1Cc1ccccc1Cl. The fraction of sp³-hybridized carbons (Fsp3) is 0.387. The summed E-state index contributed by atoms with van der Waals surface area (Å²) in [6, 6.07) is 15.7. The van der Waals surface area contributed by atoms with Crippen LogP contribution in [0.5, 0.6) is 0 Å². The standard InChI is InChI=1S/C31H36Cl2N4O/c1-3-5-15-30-34-25(21-36(30)19-23-11-7-9-13-28(23)32)17-27(38)18-26-22-37(31(35-26)16-6-4-2)20-24-12-8-10-14-29(24)33/h7-14,21-22H,3-6,15-20H2,1-2H3. The predicted molar refractivity (Wildman–Crippen MR) is 155 cm³/mol. The van der Waals surface area contributed by atoms with E-state index in [0.717, 1.165) is 82.7 Å². The lowest BCUT2D eigenvalue weighted by Gasteiger charge is -2.09. The van der Waals surface area contributed by atoms with Crippen LogP contribution in [0.15, 0.2) is 60.9 Å². The van der Waals surface area contributed by atoms with Crippen molar-refractivity contribution in [2.45, 2.75) is 78.3 Å². The molecule has 38 heavy (non-hydrogen) atoms. The summed E-state index contributed by atoms with van der Waals surface area (Å²) in [5.74, 6) is 2.11. The fourth-order valence-electron chi connectivity index (χ4n) is 4.63. The van der Waals surface area contributed by atoms with Crippen LogP contribution in [0.1, 0.15) is 73.7 Å². The van der Waals surface area contributed by atoms with E-state index in [4.69, 9.17) is 33.2 Å². The Bertz CT molecular complexity index is 1260. The second-order valence-electron chi connectivity index (χ2n) is 9.83. The van der Waals surface area contributed by atoms with Gasteiger partial charge in [0, 0.05) is 35.3 Å². The van der Waals surface area contributed by atoms with E-state index in [1.165, 1.54) is 0 Å². The van der Waals surface area contributed by atoms with Gasteiger partial charge in [0.05, 0.1) is 37.3 Å². The number of carbonyl (C=O) groups is 1. The van der Waals surface area contributed by atoms with Gasteiger partial charge < -0.3 is 9.13 Å². The van der Waals surface area contributed by atoms with Crippen molar-refractivity contribution in [3.05, 3.63) is 105 Å². The zero-order valence-electron chi connectivity index (χ0n) is 22.3. The topological polar surface area (TPSA) is 52.7 Å². The van der Waals surface area contributed by atoms with Gasteiger partial charge in [0.2, 0.25) is 0 Å². The minimum Gasteiger partial charge on any atom is -0.330 e. The average molecular weight is 552 g/mol. The van der Waals surface area contributed by atoms with Crippen molar-refractivity contribution in [1.29, 1.82) is 0 Å². The van der Waals surface area contributed by atoms with E-state index in [9.17, 15) is 4.79 Å². The van der Waals surface area contributed by atoms with Crippen LogP contribution in [-0.4, -0.2) is 24.9 Å². The first-order valence-corrected chi connectivity index (χ1v) is 14.3. The highest BCUT2D eigenvalue weighted by molar-refractivity contribution is 6.31. The van der Waals surface area contributed by atoms with Crippen LogP contribution in [0.25, 0.3) is 0 Å². The number of Topliss-reactive ketones (excluding diaryl/α,β-unsaturated/α-hetero) is 1. The molecule has 0 radical (unpaired) electrons. The van der Waals surface area contributed by atoms with Gasteiger partial charge in [-0.05, 0) is 36.1 Å². The number of aromatic nitrogens is 4. The number of rotatable bonds is 14. The minimum absolute atomic E-state index is 0.110. The number of halogens is 2. The van der Waals surface area contributed by atoms with Gasteiger partial charge in [-0.15, -0.1) is 0 Å². The quantitative estimate of drug-likeness (QED) is 0.163. The Hall–Kier alpha value is -2.89. The Kier molecular flexibility index (Phi) is 10.2. The Labute approximate surface area is 235 Å². The Balaban J connectivity index is 1.48. The van der Waals surface area contributed by atoms with Crippen molar-refractivity contribution in [3.8, 4) is 0 Å². The fourth-order valence-corrected chi connectivity index (χ4v) is 5.02. The van der Waals surface area contributed by atoms with E-state index in [1.807, 2.05) is 60.9 Å². The number of hydrogen-bond acceptors (Lipinski definition) is 3. The monoisotopic (exact) mass is 550 g/mol. The molecule has 0 saturated heterocycles. The van der Waals surface area contributed by atoms with Crippen molar-refractivity contribution >= 4 is 29.0 Å². The number of nitrogens with zero attached hydrogens (tertiary/aromatic N) is 4. The summed E-state index contributed by atoms with van der Waals surface area (Å²) in [5, 5.41) is 1.48. The Morgan fingerprint density at radius 1 is 0.711 bits per heavy atom. The molecule has 0 aliphatic carbocycles. The van der Waals surface area contributed by atoms with Crippen molar-refractivity contribution in [2.75, 3.05) is 0 Å². The smallest absolute Gasteiger partial charge is 0.144 e. The summed E-state index contributed by atoms with van der Waals surface area (Å²) in [4.78, 5) is 22.8. The van der Waals surface area contributed by atoms with Gasteiger partial charge in [-0.1, -0.05) is 86.3 Å². The third-order valence-electron chi connectivity index (χ3n) is 6.68. The van der Waals surface area contributed by atoms with Gasteiger partial charge in [-0.3, -0.25) is 4.79 Å². The highest BCUT2D eigenvalue weighted by atomic mass is 35.5. The van der Waals surface area contributed by atoms with Crippen LogP contribution in [0, 0.1) is 0 Å². The molecule has 5 nitrogen and oxygen atoms in total. The molecule has 0 aliphatic heterocycles. The van der Waals surface area contributed by atoms with E-state index >= 15 is 0 Å². The largest absolute Gasteiger partial charge is 0.330 e. The molecule has 0 aliphatic rings. The van der Waals surface area contributed by atoms with Crippen molar-refractivity contribution in [2.24, 2.45) is 0 Å². The van der Waals surface area contributed by atoms with Crippen molar-refractivity contribution < 1.29 is 4.79 Å². The minimum atomic E-state index is 0.110. The molecule has 2 heterocycles. The molecule has 2 aromatic heterocycles. The molecule has 0 spiro atoms. The first-order chi connectivity index (χ1) is 18.5. The van der Waals surface area contributed by atoms with Crippen molar-refractivity contribution in [1.82, 2.24) is 19.1 Å². The first kappa shape index (κ1) is 28.1. The maximum Gasteiger partial charge on any atom is 0.144 e. The third-order valence-corrected chi connectivity index (χ3v) is 7.42. The lowest BCUT2D eigenvalue weighted by Crippen LogP contribution is -2.07. The summed E-state index contributed by atoms with van der Waals surface area (Å²) < 4.78 is 4.28. The summed E-state index contributed by atoms with van der Waals surface area (Å²) in [6.45, 7) is 5.64. The highest BCUT2D eigenvalue weighted by Gasteiger charge is 2.16. The lowest BCUT2D eigenvalue weighted by molar-refractivity contribution is -0.117. The number of hydrogen-bond donors (Lipinski definition) is 0. The molecular formula is C31H36Cl2N4O. The number of carbonyl (C=O) groups excluding carboxylic acids is 1. The summed E-state index contributed by atoms with van der Waals surface area (Å²) in [5.41, 5.74) is 3.70. The molecule has 0 saturated carbocycles. The maximum absolute atomic E-state index is 13.1. The average Bonchev–Trinajstić information content (AvgIpc) is 3.46. The molecule has 200 valence electrons. The highest BCUT2D eigenvalue weighted by Crippen LogP contribution is 2.20. The molecular weight excluding hydrogens is 515 g/mol. The number of ketones is 1. The molecule has 7 heteroatoms. The molecule has 0 N–H and O–H groups in total. The number of unbranched alkanes of at least 4 members (excludes halogenated alkanes) is 2. The lowest BCUT2D eigenvalue weighted by atomic mass is 10.1. The van der Waals surface area contributed by atoms with E-state index in [-0.39, 0.29) is 18.6 Å². The number of aryl methyl sites for hydroxylation is 2. The third kappa shape index (κ3) is 7.58. The van der Waals surface area contributed by atoms with E-state index in [1.54, 1.807) is 0 Å². The Morgan fingerprint density at radius 2 is 1.13 bits per heavy atom. The van der Waals surface area contributed by atoms with Crippen LogP contribution in [-0.2, 0) is 43.6 Å². The van der Waals surface area contributed by atoms with Crippen LogP contribution in [0.3, 0.4) is 0 Å². The molecule has 4 rings (SSSR count). The molecule has 0 atom stereocenters. The second kappa shape index (κ2) is 13.8. The second-order valence-corrected chi connectivity index (χ2v) is 10.6. The first-order valence-electron chi connectivity index (χ1n) is 13.5. The number of benzene rings is 2. The van der Waals surface area contributed by atoms with E-state index in [0.29, 0.717) is 13.1 Å². The molecule has 0 amide bonds. The molecule has 4 aromatic rings. The summed E-state index contributed by atoms with van der Waals surface area (Å²) >= 11 is 12.8. The summed E-state index contributed by atoms with van der Waals surface area (Å²) in [6.07, 6.45) is 10.6. The van der Waals surface area contributed by atoms with Crippen LogP contribution in [0.2, 0.25) is 10.0 Å². The molecule has 0 fully saturated rings. The van der Waals surface area contributed by atoms with Crippen LogP contribution < -0.4 is 0 Å².